The van der Waals surface area contributed by atoms with E-state index in [2.05, 4.69) is 28.4 Å². The molecular formula is C17H26N2O2. The lowest BCUT2D eigenvalue weighted by atomic mass is 9.98. The topological polar surface area (TPSA) is 52.6 Å². The highest BCUT2D eigenvalue weighted by Crippen LogP contribution is 2.20. The van der Waals surface area contributed by atoms with E-state index in [0.717, 1.165) is 25.9 Å². The highest BCUT2D eigenvalue weighted by atomic mass is 16.3. The van der Waals surface area contributed by atoms with E-state index in [9.17, 15) is 9.90 Å². The molecule has 1 heterocycles. The van der Waals surface area contributed by atoms with Crippen molar-refractivity contribution in [2.24, 2.45) is 0 Å². The molecule has 21 heavy (non-hydrogen) atoms. The minimum absolute atomic E-state index is 0.00197. The Balaban J connectivity index is 1.98. The van der Waals surface area contributed by atoms with Crippen LogP contribution in [0.15, 0.2) is 24.3 Å². The fourth-order valence-corrected chi connectivity index (χ4v) is 2.88. The fraction of sp³-hybridized carbons (Fsp3) is 0.588. The van der Waals surface area contributed by atoms with Gasteiger partial charge in [0.15, 0.2) is 0 Å². The van der Waals surface area contributed by atoms with Crippen molar-refractivity contribution in [1.29, 1.82) is 0 Å². The molecule has 0 radical (unpaired) electrons. The van der Waals surface area contributed by atoms with Gasteiger partial charge in [-0.15, -0.1) is 0 Å². The number of fused-ring (bicyclic) bond motifs is 1. The van der Waals surface area contributed by atoms with Gasteiger partial charge in [0.2, 0.25) is 5.91 Å². The lowest BCUT2D eigenvalue weighted by molar-refractivity contribution is -0.127. The van der Waals surface area contributed by atoms with Crippen molar-refractivity contribution in [3.05, 3.63) is 35.4 Å². The number of amides is 1. The molecule has 1 amide bonds. The molecule has 0 aliphatic carbocycles. The predicted octanol–water partition coefficient (Wildman–Crippen LogP) is 1.71. The second-order valence-corrected chi connectivity index (χ2v) is 5.93. The number of hydrogen-bond acceptors (Lipinski definition) is 3. The lowest BCUT2D eigenvalue weighted by Crippen LogP contribution is -2.51. The summed E-state index contributed by atoms with van der Waals surface area (Å²) < 4.78 is 0. The van der Waals surface area contributed by atoms with E-state index in [0.29, 0.717) is 0 Å². The summed E-state index contributed by atoms with van der Waals surface area (Å²) in [6.45, 7) is 7.35. The van der Waals surface area contributed by atoms with Gasteiger partial charge in [0.25, 0.3) is 0 Å². The number of nitrogens with zero attached hydrogens (tertiary/aromatic N) is 1. The molecule has 116 valence electrons. The standard InChI is InChI=1S/C17H26N2O2/c1-4-16(13(3)20)18-17(21)12(2)19-10-9-14-7-5-6-8-15(14)11-19/h5-8,12-13,16,20H,4,9-11H2,1-3H3,(H,18,21). The van der Waals surface area contributed by atoms with Gasteiger partial charge in [-0.3, -0.25) is 9.69 Å². The fourth-order valence-electron chi connectivity index (χ4n) is 2.88. The van der Waals surface area contributed by atoms with Crippen LogP contribution in [0.25, 0.3) is 0 Å². The number of nitrogens with one attached hydrogen (secondary N) is 1. The first-order valence-corrected chi connectivity index (χ1v) is 7.82. The Labute approximate surface area is 127 Å². The molecule has 4 heteroatoms. The Morgan fingerprint density at radius 2 is 2.00 bits per heavy atom. The summed E-state index contributed by atoms with van der Waals surface area (Å²) >= 11 is 0. The molecule has 2 N–H and O–H groups in total. The monoisotopic (exact) mass is 290 g/mol. The third kappa shape index (κ3) is 3.83. The molecule has 2 rings (SSSR count). The maximum atomic E-state index is 12.4. The van der Waals surface area contributed by atoms with Crippen molar-refractivity contribution in [3.8, 4) is 0 Å². The molecule has 3 unspecified atom stereocenters. The number of carbonyl (C=O) groups excluding carboxylic acids is 1. The molecule has 1 aliphatic rings. The number of aliphatic hydroxyl groups excluding tert-OH is 1. The van der Waals surface area contributed by atoms with Crippen LogP contribution in [0.5, 0.6) is 0 Å². The number of aliphatic hydroxyl groups is 1. The van der Waals surface area contributed by atoms with Crippen LogP contribution in [0.4, 0.5) is 0 Å². The first-order chi connectivity index (χ1) is 10.0. The smallest absolute Gasteiger partial charge is 0.237 e. The van der Waals surface area contributed by atoms with E-state index in [1.807, 2.05) is 19.9 Å². The Morgan fingerprint density at radius 1 is 1.33 bits per heavy atom. The first-order valence-electron chi connectivity index (χ1n) is 7.82. The van der Waals surface area contributed by atoms with Crippen LogP contribution in [0.2, 0.25) is 0 Å². The highest BCUT2D eigenvalue weighted by molar-refractivity contribution is 5.81. The van der Waals surface area contributed by atoms with Crippen molar-refractivity contribution in [2.75, 3.05) is 6.54 Å². The Morgan fingerprint density at radius 3 is 2.62 bits per heavy atom. The Bertz CT molecular complexity index is 487. The van der Waals surface area contributed by atoms with Gasteiger partial charge < -0.3 is 10.4 Å². The second kappa shape index (κ2) is 7.05. The van der Waals surface area contributed by atoms with Gasteiger partial charge in [0.1, 0.15) is 0 Å². The zero-order valence-electron chi connectivity index (χ0n) is 13.2. The van der Waals surface area contributed by atoms with Crippen molar-refractivity contribution in [1.82, 2.24) is 10.2 Å². The second-order valence-electron chi connectivity index (χ2n) is 5.93. The number of carbonyl (C=O) groups is 1. The van der Waals surface area contributed by atoms with Crippen LogP contribution < -0.4 is 5.32 Å². The summed E-state index contributed by atoms with van der Waals surface area (Å²) in [5, 5.41) is 12.6. The maximum Gasteiger partial charge on any atom is 0.237 e. The molecule has 0 saturated heterocycles. The number of benzene rings is 1. The predicted molar refractivity (Wildman–Crippen MR) is 83.9 cm³/mol. The molecule has 3 atom stereocenters. The van der Waals surface area contributed by atoms with Crippen molar-refractivity contribution in [3.63, 3.8) is 0 Å². The molecule has 0 bridgehead atoms. The number of rotatable bonds is 5. The third-order valence-corrected chi connectivity index (χ3v) is 4.44. The van der Waals surface area contributed by atoms with E-state index in [-0.39, 0.29) is 18.0 Å². The summed E-state index contributed by atoms with van der Waals surface area (Å²) in [6.07, 6.45) is 1.20. The van der Waals surface area contributed by atoms with E-state index in [1.54, 1.807) is 6.92 Å². The molecule has 1 aromatic rings. The minimum Gasteiger partial charge on any atom is -0.391 e. The zero-order valence-corrected chi connectivity index (χ0v) is 13.2. The molecule has 0 aromatic heterocycles. The normalized spacial score (nSPS) is 19.4. The quantitative estimate of drug-likeness (QED) is 0.868. The lowest BCUT2D eigenvalue weighted by Gasteiger charge is -2.34. The molecule has 4 nitrogen and oxygen atoms in total. The summed E-state index contributed by atoms with van der Waals surface area (Å²) in [7, 11) is 0. The zero-order chi connectivity index (χ0) is 15.4. The van der Waals surface area contributed by atoms with Gasteiger partial charge in [-0.2, -0.15) is 0 Å². The molecule has 1 aromatic carbocycles. The average Bonchev–Trinajstić information content (AvgIpc) is 2.50. The Kier molecular flexibility index (Phi) is 5.37. The first kappa shape index (κ1) is 16.0. The maximum absolute atomic E-state index is 12.4. The highest BCUT2D eigenvalue weighted by Gasteiger charge is 2.27. The average molecular weight is 290 g/mol. The molecule has 0 fully saturated rings. The van der Waals surface area contributed by atoms with E-state index >= 15 is 0 Å². The molecule has 1 aliphatic heterocycles. The summed E-state index contributed by atoms with van der Waals surface area (Å²) in [5.74, 6) is 0.00197. The third-order valence-electron chi connectivity index (χ3n) is 4.44. The van der Waals surface area contributed by atoms with E-state index in [1.165, 1.54) is 11.1 Å². The van der Waals surface area contributed by atoms with Gasteiger partial charge in [-0.1, -0.05) is 31.2 Å². The summed E-state index contributed by atoms with van der Waals surface area (Å²) in [5.41, 5.74) is 2.70. The van der Waals surface area contributed by atoms with Gasteiger partial charge >= 0.3 is 0 Å². The molecule has 0 saturated carbocycles. The van der Waals surface area contributed by atoms with E-state index in [4.69, 9.17) is 0 Å². The van der Waals surface area contributed by atoms with Crippen molar-refractivity contribution in [2.45, 2.75) is 58.3 Å². The van der Waals surface area contributed by atoms with Crippen LogP contribution >= 0.6 is 0 Å². The summed E-state index contributed by atoms with van der Waals surface area (Å²) in [4.78, 5) is 14.6. The van der Waals surface area contributed by atoms with Crippen molar-refractivity contribution >= 4 is 5.91 Å². The molecular weight excluding hydrogens is 264 g/mol. The van der Waals surface area contributed by atoms with Gasteiger partial charge in [0.05, 0.1) is 18.2 Å². The minimum atomic E-state index is -0.520. The molecule has 0 spiro atoms. The van der Waals surface area contributed by atoms with Crippen LogP contribution in [-0.2, 0) is 17.8 Å². The largest absolute Gasteiger partial charge is 0.391 e. The van der Waals surface area contributed by atoms with E-state index < -0.39 is 6.10 Å². The van der Waals surface area contributed by atoms with Gasteiger partial charge in [-0.05, 0) is 37.8 Å². The summed E-state index contributed by atoms with van der Waals surface area (Å²) in [6, 6.07) is 8.07. The Hall–Kier alpha value is -1.39. The van der Waals surface area contributed by atoms with Crippen LogP contribution in [0.3, 0.4) is 0 Å². The van der Waals surface area contributed by atoms with Gasteiger partial charge in [-0.25, -0.2) is 0 Å². The van der Waals surface area contributed by atoms with Gasteiger partial charge in [0, 0.05) is 13.1 Å². The SMILES string of the molecule is CCC(NC(=O)C(C)N1CCc2ccccc2C1)C(C)O. The van der Waals surface area contributed by atoms with Crippen LogP contribution in [0, 0.1) is 0 Å². The number of hydrogen-bond donors (Lipinski definition) is 2. The van der Waals surface area contributed by atoms with Crippen LogP contribution in [-0.4, -0.2) is 40.6 Å². The van der Waals surface area contributed by atoms with Crippen LogP contribution in [0.1, 0.15) is 38.3 Å². The van der Waals surface area contributed by atoms with Crippen molar-refractivity contribution < 1.29 is 9.90 Å².